The lowest BCUT2D eigenvalue weighted by atomic mass is 9.80. The minimum Gasteiger partial charge on any atom is -0.466 e. The molecule has 1 atom stereocenters. The van der Waals surface area contributed by atoms with Crippen LogP contribution in [0, 0.1) is 5.82 Å². The zero-order chi connectivity index (χ0) is 19.7. The molecule has 1 aromatic rings. The van der Waals surface area contributed by atoms with Crippen molar-refractivity contribution in [3.63, 3.8) is 0 Å². The number of hydrogen-bond acceptors (Lipinski definition) is 6. The maximum atomic E-state index is 13.9. The number of methoxy groups -OCH3 is 1. The van der Waals surface area contributed by atoms with E-state index in [1.54, 1.807) is 0 Å². The van der Waals surface area contributed by atoms with Gasteiger partial charge in [-0.2, -0.15) is 8.78 Å². The summed E-state index contributed by atoms with van der Waals surface area (Å²) < 4.78 is 66.9. The van der Waals surface area contributed by atoms with Crippen LogP contribution in [0.3, 0.4) is 0 Å². The second-order valence-corrected chi connectivity index (χ2v) is 5.60. The molecule has 1 unspecified atom stereocenters. The van der Waals surface area contributed by atoms with Crippen molar-refractivity contribution in [1.29, 1.82) is 0 Å². The lowest BCUT2D eigenvalue weighted by Crippen LogP contribution is -2.32. The highest BCUT2D eigenvalue weighted by molar-refractivity contribution is 6.01. The largest absolute Gasteiger partial charge is 0.466 e. The average Bonchev–Trinajstić information content (AvgIpc) is 3.01. The number of carbonyl (C=O) groups is 2. The van der Waals surface area contributed by atoms with E-state index in [1.807, 2.05) is 0 Å². The number of halogens is 4. The number of esters is 2. The molecule has 0 radical (unpaired) electrons. The molecule has 0 saturated heterocycles. The van der Waals surface area contributed by atoms with Crippen LogP contribution in [0.25, 0.3) is 0 Å². The monoisotopic (exact) mass is 387 g/mol. The summed E-state index contributed by atoms with van der Waals surface area (Å²) in [5.74, 6) is -4.57. The van der Waals surface area contributed by atoms with Crippen LogP contribution in [-0.2, 0) is 19.1 Å². The first-order valence-corrected chi connectivity index (χ1v) is 7.66. The molecule has 0 aromatic heterocycles. The summed E-state index contributed by atoms with van der Waals surface area (Å²) >= 11 is 0. The number of ether oxygens (including phenoxy) is 3. The van der Waals surface area contributed by atoms with E-state index in [0.29, 0.717) is 0 Å². The van der Waals surface area contributed by atoms with Gasteiger partial charge in [0.15, 0.2) is 0 Å². The van der Waals surface area contributed by atoms with Crippen molar-refractivity contribution >= 4 is 11.9 Å². The number of alkyl halides is 3. The molecule has 3 rings (SSSR count). The number of dihydropyridines is 1. The smallest absolute Gasteiger partial charge is 0.387 e. The molecular formula is C17H13F4NO5. The Balaban J connectivity index is 2.26. The molecule has 2 aliphatic heterocycles. The quantitative estimate of drug-likeness (QED) is 0.618. The van der Waals surface area contributed by atoms with Gasteiger partial charge in [0.1, 0.15) is 24.8 Å². The highest BCUT2D eigenvalue weighted by Gasteiger charge is 2.44. The number of rotatable bonds is 5. The van der Waals surface area contributed by atoms with Crippen LogP contribution < -0.4 is 10.1 Å². The maximum Gasteiger partial charge on any atom is 0.387 e. The van der Waals surface area contributed by atoms with E-state index in [0.717, 1.165) is 25.3 Å². The van der Waals surface area contributed by atoms with E-state index < -0.39 is 42.7 Å². The standard InChI is InChI=1S/C17H13F4NO5/c1-25-15(23)13-9(5-18)22-10-6-26-16(24)14(10)12(13)8-4-7(19)2-3-11(8)27-17(20)21/h2-4,12,17,22H,5-6H2,1H3. The van der Waals surface area contributed by atoms with Gasteiger partial charge in [0.2, 0.25) is 0 Å². The number of carbonyl (C=O) groups excluding carboxylic acids is 2. The molecule has 0 spiro atoms. The molecular weight excluding hydrogens is 374 g/mol. The van der Waals surface area contributed by atoms with Gasteiger partial charge in [-0.3, -0.25) is 0 Å². The van der Waals surface area contributed by atoms with Crippen LogP contribution in [-0.4, -0.2) is 38.9 Å². The second kappa shape index (κ2) is 7.29. The molecule has 144 valence electrons. The van der Waals surface area contributed by atoms with Gasteiger partial charge in [0, 0.05) is 5.56 Å². The lowest BCUT2D eigenvalue weighted by molar-refractivity contribution is -0.136. The van der Waals surface area contributed by atoms with Gasteiger partial charge >= 0.3 is 18.6 Å². The first-order valence-electron chi connectivity index (χ1n) is 7.66. The van der Waals surface area contributed by atoms with E-state index in [2.05, 4.69) is 14.8 Å². The van der Waals surface area contributed by atoms with Gasteiger partial charge in [-0.15, -0.1) is 0 Å². The fourth-order valence-corrected chi connectivity index (χ4v) is 3.10. The Kier molecular flexibility index (Phi) is 5.06. The molecule has 2 aliphatic rings. The third-order valence-electron chi connectivity index (χ3n) is 4.13. The van der Waals surface area contributed by atoms with Gasteiger partial charge in [-0.05, 0) is 18.2 Å². The van der Waals surface area contributed by atoms with E-state index in [9.17, 15) is 27.2 Å². The summed E-state index contributed by atoms with van der Waals surface area (Å²) in [6.07, 6.45) is 0. The minimum absolute atomic E-state index is 0.127. The van der Waals surface area contributed by atoms with Crippen LogP contribution in [0.15, 0.2) is 40.7 Å². The predicted molar refractivity (Wildman–Crippen MR) is 81.9 cm³/mol. The van der Waals surface area contributed by atoms with E-state index >= 15 is 0 Å². The van der Waals surface area contributed by atoms with E-state index in [1.165, 1.54) is 0 Å². The fraction of sp³-hybridized carbons (Fsp3) is 0.294. The van der Waals surface area contributed by atoms with Gasteiger partial charge in [0.25, 0.3) is 0 Å². The van der Waals surface area contributed by atoms with Crippen LogP contribution in [0.1, 0.15) is 11.5 Å². The van der Waals surface area contributed by atoms with Crippen LogP contribution >= 0.6 is 0 Å². The summed E-state index contributed by atoms with van der Waals surface area (Å²) in [6, 6.07) is 2.65. The number of nitrogens with one attached hydrogen (secondary N) is 1. The number of allylic oxidation sites excluding steroid dienone is 1. The first kappa shape index (κ1) is 18.7. The molecule has 0 saturated carbocycles. The highest BCUT2D eigenvalue weighted by Crippen LogP contribution is 2.45. The Bertz CT molecular complexity index is 865. The van der Waals surface area contributed by atoms with Gasteiger partial charge < -0.3 is 19.5 Å². The van der Waals surface area contributed by atoms with Gasteiger partial charge in [-0.1, -0.05) is 0 Å². The van der Waals surface area contributed by atoms with Crippen molar-refractivity contribution in [2.75, 3.05) is 20.4 Å². The molecule has 0 fully saturated rings. The topological polar surface area (TPSA) is 73.9 Å². The Hall–Kier alpha value is -3.04. The van der Waals surface area contributed by atoms with Crippen LogP contribution in [0.2, 0.25) is 0 Å². The zero-order valence-electron chi connectivity index (χ0n) is 13.9. The molecule has 1 N–H and O–H groups in total. The zero-order valence-corrected chi connectivity index (χ0v) is 13.9. The van der Waals surface area contributed by atoms with Gasteiger partial charge in [0.05, 0.1) is 35.6 Å². The van der Waals surface area contributed by atoms with Crippen molar-refractivity contribution in [2.45, 2.75) is 12.5 Å². The molecule has 0 amide bonds. The molecule has 6 nitrogen and oxygen atoms in total. The molecule has 1 aromatic carbocycles. The van der Waals surface area contributed by atoms with E-state index in [-0.39, 0.29) is 34.7 Å². The molecule has 0 aliphatic carbocycles. The highest BCUT2D eigenvalue weighted by atomic mass is 19.3. The number of hydrogen-bond donors (Lipinski definition) is 1. The summed E-state index contributed by atoms with van der Waals surface area (Å²) in [5, 5.41) is 2.59. The SMILES string of the molecule is COC(=O)C1=C(CF)NC2=C(C(=O)OC2)C1c1cc(F)ccc1OC(F)F. The van der Waals surface area contributed by atoms with Gasteiger partial charge in [-0.25, -0.2) is 18.4 Å². The van der Waals surface area contributed by atoms with Crippen molar-refractivity contribution in [1.82, 2.24) is 5.32 Å². The van der Waals surface area contributed by atoms with Crippen molar-refractivity contribution in [3.05, 3.63) is 52.1 Å². The normalized spacial score (nSPS) is 19.0. The maximum absolute atomic E-state index is 13.9. The third-order valence-corrected chi connectivity index (χ3v) is 4.13. The Morgan fingerprint density at radius 1 is 1.41 bits per heavy atom. The summed E-state index contributed by atoms with van der Waals surface area (Å²) in [4.78, 5) is 24.5. The molecule has 0 bridgehead atoms. The Labute approximate surface area is 150 Å². The Morgan fingerprint density at radius 2 is 2.15 bits per heavy atom. The molecule has 27 heavy (non-hydrogen) atoms. The van der Waals surface area contributed by atoms with Crippen molar-refractivity contribution in [3.8, 4) is 5.75 Å². The van der Waals surface area contributed by atoms with Crippen LogP contribution in [0.5, 0.6) is 5.75 Å². The predicted octanol–water partition coefficient (Wildman–Crippen LogP) is 2.32. The summed E-state index contributed by atoms with van der Waals surface area (Å²) in [6.45, 7) is -4.62. The third kappa shape index (κ3) is 3.34. The molecule has 10 heteroatoms. The van der Waals surface area contributed by atoms with Crippen molar-refractivity contribution in [2.24, 2.45) is 0 Å². The Morgan fingerprint density at radius 3 is 2.78 bits per heavy atom. The number of benzene rings is 1. The van der Waals surface area contributed by atoms with Crippen molar-refractivity contribution < 1.29 is 41.4 Å². The summed E-state index contributed by atoms with van der Waals surface area (Å²) in [5.41, 5.74) is -0.831. The molecule has 2 heterocycles. The average molecular weight is 387 g/mol. The summed E-state index contributed by atoms with van der Waals surface area (Å²) in [7, 11) is 1.03. The minimum atomic E-state index is -3.24. The van der Waals surface area contributed by atoms with E-state index in [4.69, 9.17) is 4.74 Å². The first-order chi connectivity index (χ1) is 12.9. The second-order valence-electron chi connectivity index (χ2n) is 5.60. The number of cyclic esters (lactones) is 1. The fourth-order valence-electron chi connectivity index (χ4n) is 3.10. The van der Waals surface area contributed by atoms with Crippen LogP contribution in [0.4, 0.5) is 17.6 Å². The lowest BCUT2D eigenvalue weighted by Gasteiger charge is -2.28.